The Balaban J connectivity index is 0.00000155. The first-order valence-electron chi connectivity index (χ1n) is 14.8. The van der Waals surface area contributed by atoms with Gasteiger partial charge in [0.2, 0.25) is 0 Å². The van der Waals surface area contributed by atoms with Gasteiger partial charge < -0.3 is 20.6 Å². The van der Waals surface area contributed by atoms with Gasteiger partial charge in [-0.25, -0.2) is 0 Å². The van der Waals surface area contributed by atoms with E-state index in [4.69, 9.17) is 20.9 Å². The standard InChI is InChI=1S/C34H42N4O.C2H6O/c1-4-5-6-9-25(2)20-33(35)29-14-15-32(39-3)23-30(22-29)34(36)37-31-16-18-38(19-17-31)24-26-12-13-27-10-7-8-11-28(27)21-26;1-3-2/h4-15,21,23,25,31,35H,16-20,22,24H2,1-3H3,(H2,36,37);1-2H3/b5-4-,9-6-,35-33?;. The van der Waals surface area contributed by atoms with E-state index in [9.17, 15) is 0 Å². The van der Waals surface area contributed by atoms with Crippen molar-refractivity contribution in [3.8, 4) is 0 Å². The van der Waals surface area contributed by atoms with Crippen LogP contribution in [0.4, 0.5) is 0 Å². The molecule has 0 amide bonds. The Bertz CT molecular complexity index is 1360. The molecule has 4 rings (SSSR count). The number of amidine groups is 1. The van der Waals surface area contributed by atoms with E-state index in [1.165, 1.54) is 16.3 Å². The summed E-state index contributed by atoms with van der Waals surface area (Å²) in [7, 11) is 4.91. The third-order valence-electron chi connectivity index (χ3n) is 7.47. The van der Waals surface area contributed by atoms with Crippen LogP contribution in [0.5, 0.6) is 0 Å². The smallest absolute Gasteiger partial charge is 0.122 e. The second-order valence-corrected chi connectivity index (χ2v) is 11.0. The van der Waals surface area contributed by atoms with Crippen LogP contribution in [-0.2, 0) is 16.0 Å². The maximum atomic E-state index is 8.75. The summed E-state index contributed by atoms with van der Waals surface area (Å²) in [6, 6.07) is 15.5. The van der Waals surface area contributed by atoms with E-state index >= 15 is 0 Å². The molecule has 1 atom stereocenters. The van der Waals surface area contributed by atoms with Gasteiger partial charge in [-0.2, -0.15) is 0 Å². The SMILES string of the molecule is C/C=C\C=C/C(C)CC(=N)C1=CC=C(OC)C=C(C(N)=NC2CCN(Cc3ccc4ccccc4c3)CC2)C1.COC. The van der Waals surface area contributed by atoms with Crippen molar-refractivity contribution >= 4 is 22.3 Å². The average Bonchev–Trinajstić information content (AvgIpc) is 3.22. The number of rotatable bonds is 10. The molecule has 6 heteroatoms. The van der Waals surface area contributed by atoms with E-state index in [2.05, 4.69) is 65.1 Å². The van der Waals surface area contributed by atoms with E-state index in [1.54, 1.807) is 21.3 Å². The molecule has 0 spiro atoms. The summed E-state index contributed by atoms with van der Waals surface area (Å²) in [5.41, 5.74) is 10.5. The average molecular weight is 569 g/mol. The molecule has 3 N–H and O–H groups in total. The highest BCUT2D eigenvalue weighted by atomic mass is 16.5. The molecule has 0 aromatic heterocycles. The number of methoxy groups -OCH3 is 2. The number of piperidine rings is 1. The number of nitrogens with two attached hydrogens (primary N) is 1. The van der Waals surface area contributed by atoms with Gasteiger partial charge in [0.15, 0.2) is 0 Å². The van der Waals surface area contributed by atoms with E-state index in [1.807, 2.05) is 43.4 Å². The number of likely N-dealkylation sites (tertiary alicyclic amines) is 1. The first-order valence-corrected chi connectivity index (χ1v) is 14.8. The molecule has 0 radical (unpaired) electrons. The highest BCUT2D eigenvalue weighted by Crippen LogP contribution is 2.24. The van der Waals surface area contributed by atoms with Crippen LogP contribution in [0.15, 0.2) is 107 Å². The van der Waals surface area contributed by atoms with Crippen molar-refractivity contribution in [3.63, 3.8) is 0 Å². The highest BCUT2D eigenvalue weighted by molar-refractivity contribution is 6.03. The summed E-state index contributed by atoms with van der Waals surface area (Å²) < 4.78 is 9.80. The molecule has 1 aliphatic carbocycles. The second-order valence-electron chi connectivity index (χ2n) is 11.0. The van der Waals surface area contributed by atoms with E-state index in [-0.39, 0.29) is 12.0 Å². The van der Waals surface area contributed by atoms with Crippen molar-refractivity contribution in [2.45, 2.75) is 52.1 Å². The normalized spacial score (nSPS) is 17.7. The molecular formula is C36H48N4O2. The third-order valence-corrected chi connectivity index (χ3v) is 7.47. The van der Waals surface area contributed by atoms with Crippen LogP contribution in [0, 0.1) is 11.3 Å². The van der Waals surface area contributed by atoms with Gasteiger partial charge in [0.25, 0.3) is 0 Å². The zero-order chi connectivity index (χ0) is 30.3. The van der Waals surface area contributed by atoms with Crippen LogP contribution in [0.25, 0.3) is 10.8 Å². The fourth-order valence-corrected chi connectivity index (χ4v) is 5.18. The molecule has 224 valence electrons. The Morgan fingerprint density at radius 2 is 1.76 bits per heavy atom. The first kappa shape index (κ1) is 32.8. The number of hydrogen-bond donors (Lipinski definition) is 2. The van der Waals surface area contributed by atoms with Crippen molar-refractivity contribution in [2.75, 3.05) is 34.4 Å². The quantitative estimate of drug-likeness (QED) is 0.178. The maximum Gasteiger partial charge on any atom is 0.122 e. The zero-order valence-corrected chi connectivity index (χ0v) is 26.0. The van der Waals surface area contributed by atoms with Crippen LogP contribution in [0.1, 0.15) is 45.1 Å². The molecule has 0 saturated carbocycles. The minimum Gasteiger partial charge on any atom is -0.497 e. The summed E-state index contributed by atoms with van der Waals surface area (Å²) >= 11 is 0. The molecule has 42 heavy (non-hydrogen) atoms. The van der Waals surface area contributed by atoms with Gasteiger partial charge in [-0.1, -0.05) is 73.7 Å². The topological polar surface area (TPSA) is 83.9 Å². The van der Waals surface area contributed by atoms with E-state index in [0.29, 0.717) is 24.4 Å². The molecule has 6 nitrogen and oxygen atoms in total. The Labute approximate surface area is 252 Å². The van der Waals surface area contributed by atoms with Gasteiger partial charge in [0.1, 0.15) is 11.6 Å². The number of allylic oxidation sites excluding steroid dienone is 8. The summed E-state index contributed by atoms with van der Waals surface area (Å²) in [4.78, 5) is 7.47. The number of fused-ring (bicyclic) bond motifs is 1. The van der Waals surface area contributed by atoms with Crippen LogP contribution < -0.4 is 5.73 Å². The van der Waals surface area contributed by atoms with E-state index in [0.717, 1.165) is 49.4 Å². The van der Waals surface area contributed by atoms with Crippen LogP contribution >= 0.6 is 0 Å². The summed E-state index contributed by atoms with van der Waals surface area (Å²) in [6.45, 7) is 7.11. The van der Waals surface area contributed by atoms with Crippen molar-refractivity contribution in [2.24, 2.45) is 16.6 Å². The molecule has 1 fully saturated rings. The number of nitrogens with zero attached hydrogens (tertiary/aromatic N) is 2. The number of hydrogen-bond acceptors (Lipinski definition) is 5. The largest absolute Gasteiger partial charge is 0.497 e. The Kier molecular flexibility index (Phi) is 13.5. The number of nitrogens with one attached hydrogen (secondary N) is 1. The third kappa shape index (κ3) is 10.3. The van der Waals surface area contributed by atoms with Crippen molar-refractivity contribution in [1.82, 2.24) is 4.90 Å². The van der Waals surface area contributed by atoms with Crippen molar-refractivity contribution in [1.29, 1.82) is 5.41 Å². The maximum absolute atomic E-state index is 8.75. The summed E-state index contributed by atoms with van der Waals surface area (Å²) in [5.74, 6) is 1.58. The fourth-order valence-electron chi connectivity index (χ4n) is 5.18. The van der Waals surface area contributed by atoms with Gasteiger partial charge in [-0.15, -0.1) is 0 Å². The molecule has 1 unspecified atom stereocenters. The minimum absolute atomic E-state index is 0.209. The lowest BCUT2D eigenvalue weighted by atomic mass is 9.94. The lowest BCUT2D eigenvalue weighted by molar-refractivity contribution is 0.206. The van der Waals surface area contributed by atoms with E-state index < -0.39 is 0 Å². The Morgan fingerprint density at radius 3 is 2.45 bits per heavy atom. The van der Waals surface area contributed by atoms with Crippen LogP contribution in [-0.4, -0.2) is 56.9 Å². The van der Waals surface area contributed by atoms with Gasteiger partial charge >= 0.3 is 0 Å². The molecule has 0 bridgehead atoms. The molecule has 1 aliphatic heterocycles. The Hall–Kier alpha value is -3.74. The zero-order valence-electron chi connectivity index (χ0n) is 26.0. The van der Waals surface area contributed by atoms with Crippen molar-refractivity contribution < 1.29 is 9.47 Å². The Morgan fingerprint density at radius 1 is 1.05 bits per heavy atom. The molecule has 2 aromatic rings. The lowest BCUT2D eigenvalue weighted by Gasteiger charge is -2.30. The van der Waals surface area contributed by atoms with Crippen molar-refractivity contribution in [3.05, 3.63) is 107 Å². The van der Waals surface area contributed by atoms with Crippen LogP contribution in [0.2, 0.25) is 0 Å². The number of benzene rings is 2. The fraction of sp³-hybridized carbons (Fsp3) is 0.389. The van der Waals surface area contributed by atoms with Gasteiger partial charge in [0, 0.05) is 51.6 Å². The molecule has 1 saturated heterocycles. The monoisotopic (exact) mass is 568 g/mol. The first-order chi connectivity index (χ1) is 20.4. The molecular weight excluding hydrogens is 520 g/mol. The molecule has 2 aliphatic rings. The number of aliphatic imine (C=N–C) groups is 1. The predicted octanol–water partition coefficient (Wildman–Crippen LogP) is 7.39. The van der Waals surface area contributed by atoms with Gasteiger partial charge in [0.05, 0.1) is 13.2 Å². The van der Waals surface area contributed by atoms with Gasteiger partial charge in [-0.3, -0.25) is 9.89 Å². The summed E-state index contributed by atoms with van der Waals surface area (Å²) in [6.07, 6.45) is 17.3. The minimum atomic E-state index is 0.209. The highest BCUT2D eigenvalue weighted by Gasteiger charge is 2.21. The van der Waals surface area contributed by atoms with Crippen LogP contribution in [0.3, 0.4) is 0 Å². The number of ether oxygens (including phenoxy) is 2. The van der Waals surface area contributed by atoms with Gasteiger partial charge in [-0.05, 0) is 72.2 Å². The summed E-state index contributed by atoms with van der Waals surface area (Å²) in [5, 5.41) is 11.3. The lowest BCUT2D eigenvalue weighted by Crippen LogP contribution is -2.35. The molecule has 1 heterocycles. The predicted molar refractivity (Wildman–Crippen MR) is 178 cm³/mol. The second kappa shape index (κ2) is 17.3. The molecule has 2 aromatic carbocycles.